The Balaban J connectivity index is 2.50. The molecule has 1 saturated carbocycles. The van der Waals surface area contributed by atoms with Crippen LogP contribution in [-0.4, -0.2) is 0 Å². The number of allylic oxidation sites excluding steroid dienone is 3. The minimum atomic E-state index is 0.774. The molecule has 1 aliphatic rings. The maximum absolute atomic E-state index is 3.82. The van der Waals surface area contributed by atoms with Gasteiger partial charge in [0.05, 0.1) is 0 Å². The predicted octanol–water partition coefficient (Wildman–Crippen LogP) is 3.16. The standard InChI is InChI=1S/C10H16/c1-4-8(3)10-7-6-9(10)5-2/h4-5,9-10H,2,6-7H2,1,3H3/b8-4+. The summed E-state index contributed by atoms with van der Waals surface area (Å²) in [5, 5.41) is 0. The van der Waals surface area contributed by atoms with Crippen molar-refractivity contribution in [2.75, 3.05) is 0 Å². The summed E-state index contributed by atoms with van der Waals surface area (Å²) in [6.45, 7) is 8.16. The zero-order valence-electron chi connectivity index (χ0n) is 6.93. The first-order chi connectivity index (χ1) is 4.79. The largest absolute Gasteiger partial charge is 0.103 e. The van der Waals surface area contributed by atoms with Gasteiger partial charge >= 0.3 is 0 Å². The van der Waals surface area contributed by atoms with Crippen LogP contribution < -0.4 is 0 Å². The third kappa shape index (κ3) is 1.16. The van der Waals surface area contributed by atoms with Crippen LogP contribution in [0.25, 0.3) is 0 Å². The highest BCUT2D eigenvalue weighted by Crippen LogP contribution is 2.39. The fraction of sp³-hybridized carbons (Fsp3) is 0.600. The lowest BCUT2D eigenvalue weighted by Crippen LogP contribution is -2.24. The predicted molar refractivity (Wildman–Crippen MR) is 45.8 cm³/mol. The third-order valence-electron chi connectivity index (χ3n) is 2.67. The second-order valence-electron chi connectivity index (χ2n) is 3.12. The summed E-state index contributed by atoms with van der Waals surface area (Å²) >= 11 is 0. The normalized spacial score (nSPS) is 33.2. The zero-order chi connectivity index (χ0) is 7.56. The molecule has 1 rings (SSSR count). The van der Waals surface area contributed by atoms with E-state index in [9.17, 15) is 0 Å². The van der Waals surface area contributed by atoms with Gasteiger partial charge < -0.3 is 0 Å². The Labute approximate surface area is 63.6 Å². The molecule has 2 unspecified atom stereocenters. The molecule has 0 amide bonds. The van der Waals surface area contributed by atoms with E-state index in [-0.39, 0.29) is 0 Å². The van der Waals surface area contributed by atoms with Crippen molar-refractivity contribution in [2.24, 2.45) is 11.8 Å². The van der Waals surface area contributed by atoms with E-state index in [0.29, 0.717) is 0 Å². The Bertz CT molecular complexity index is 153. The van der Waals surface area contributed by atoms with Crippen LogP contribution >= 0.6 is 0 Å². The summed E-state index contributed by atoms with van der Waals surface area (Å²) in [4.78, 5) is 0. The molecular weight excluding hydrogens is 120 g/mol. The molecule has 2 atom stereocenters. The van der Waals surface area contributed by atoms with Crippen LogP contribution in [0.2, 0.25) is 0 Å². The average Bonchev–Trinajstić information content (AvgIpc) is 1.86. The molecule has 0 bridgehead atoms. The lowest BCUT2D eigenvalue weighted by Gasteiger charge is -2.35. The summed E-state index contributed by atoms with van der Waals surface area (Å²) in [6.07, 6.45) is 7.04. The molecule has 0 spiro atoms. The van der Waals surface area contributed by atoms with Crippen molar-refractivity contribution in [3.8, 4) is 0 Å². The number of rotatable bonds is 2. The van der Waals surface area contributed by atoms with E-state index in [1.807, 2.05) is 0 Å². The molecular formula is C10H16. The topological polar surface area (TPSA) is 0 Å². The van der Waals surface area contributed by atoms with Gasteiger partial charge in [0, 0.05) is 0 Å². The van der Waals surface area contributed by atoms with Gasteiger partial charge in [-0.3, -0.25) is 0 Å². The molecule has 0 heteroatoms. The average molecular weight is 136 g/mol. The second kappa shape index (κ2) is 3.05. The molecule has 0 radical (unpaired) electrons. The second-order valence-corrected chi connectivity index (χ2v) is 3.12. The van der Waals surface area contributed by atoms with Crippen molar-refractivity contribution in [2.45, 2.75) is 26.7 Å². The summed E-state index contributed by atoms with van der Waals surface area (Å²) in [6, 6.07) is 0. The molecule has 0 aromatic heterocycles. The van der Waals surface area contributed by atoms with Crippen LogP contribution in [0.15, 0.2) is 24.3 Å². The van der Waals surface area contributed by atoms with E-state index in [1.165, 1.54) is 18.4 Å². The third-order valence-corrected chi connectivity index (χ3v) is 2.67. The minimum Gasteiger partial charge on any atom is -0.103 e. The van der Waals surface area contributed by atoms with Gasteiger partial charge in [-0.25, -0.2) is 0 Å². The van der Waals surface area contributed by atoms with Crippen LogP contribution in [0.5, 0.6) is 0 Å². The van der Waals surface area contributed by atoms with Crippen LogP contribution in [0.4, 0.5) is 0 Å². The van der Waals surface area contributed by atoms with Gasteiger partial charge in [0.2, 0.25) is 0 Å². The highest BCUT2D eigenvalue weighted by molar-refractivity contribution is 5.11. The molecule has 10 heavy (non-hydrogen) atoms. The van der Waals surface area contributed by atoms with E-state index in [4.69, 9.17) is 0 Å². The fourth-order valence-electron chi connectivity index (χ4n) is 1.59. The first-order valence-corrected chi connectivity index (χ1v) is 4.05. The smallest absolute Gasteiger partial charge is 0.0143 e. The maximum Gasteiger partial charge on any atom is -0.0143 e. The molecule has 0 aromatic carbocycles. The van der Waals surface area contributed by atoms with E-state index in [2.05, 4.69) is 32.6 Å². The Morgan fingerprint density at radius 1 is 1.50 bits per heavy atom. The van der Waals surface area contributed by atoms with Crippen LogP contribution in [0, 0.1) is 11.8 Å². The monoisotopic (exact) mass is 136 g/mol. The van der Waals surface area contributed by atoms with Crippen molar-refractivity contribution < 1.29 is 0 Å². The summed E-state index contributed by atoms with van der Waals surface area (Å²) in [5.41, 5.74) is 1.54. The number of hydrogen-bond acceptors (Lipinski definition) is 0. The minimum absolute atomic E-state index is 0.774. The lowest BCUT2D eigenvalue weighted by molar-refractivity contribution is 0.271. The Hall–Kier alpha value is -0.520. The highest BCUT2D eigenvalue weighted by Gasteiger charge is 2.28. The molecule has 0 aromatic rings. The van der Waals surface area contributed by atoms with Gasteiger partial charge in [0.15, 0.2) is 0 Å². The van der Waals surface area contributed by atoms with Gasteiger partial charge in [-0.05, 0) is 38.5 Å². The van der Waals surface area contributed by atoms with Gasteiger partial charge in [0.25, 0.3) is 0 Å². The van der Waals surface area contributed by atoms with Gasteiger partial charge in [-0.2, -0.15) is 0 Å². The Kier molecular flexibility index (Phi) is 2.31. The summed E-state index contributed by atoms with van der Waals surface area (Å²) in [7, 11) is 0. The van der Waals surface area contributed by atoms with Crippen molar-refractivity contribution in [1.29, 1.82) is 0 Å². The molecule has 0 aliphatic heterocycles. The zero-order valence-corrected chi connectivity index (χ0v) is 6.93. The van der Waals surface area contributed by atoms with Crippen molar-refractivity contribution in [3.05, 3.63) is 24.3 Å². The van der Waals surface area contributed by atoms with E-state index >= 15 is 0 Å². The molecule has 0 N–H and O–H groups in total. The van der Waals surface area contributed by atoms with Crippen molar-refractivity contribution in [1.82, 2.24) is 0 Å². The fourth-order valence-corrected chi connectivity index (χ4v) is 1.59. The van der Waals surface area contributed by atoms with E-state index < -0.39 is 0 Å². The SMILES string of the molecule is C=CC1CCC1/C(C)=C/C. The molecule has 0 saturated heterocycles. The van der Waals surface area contributed by atoms with Gasteiger partial charge in [0.1, 0.15) is 0 Å². The maximum atomic E-state index is 3.82. The molecule has 0 heterocycles. The molecule has 0 nitrogen and oxygen atoms in total. The summed E-state index contributed by atoms with van der Waals surface area (Å²) in [5.74, 6) is 1.60. The first-order valence-electron chi connectivity index (χ1n) is 4.05. The molecule has 1 aliphatic carbocycles. The Morgan fingerprint density at radius 3 is 2.50 bits per heavy atom. The lowest BCUT2D eigenvalue weighted by atomic mass is 9.70. The first kappa shape index (κ1) is 7.59. The van der Waals surface area contributed by atoms with Crippen LogP contribution in [-0.2, 0) is 0 Å². The van der Waals surface area contributed by atoms with Crippen molar-refractivity contribution in [3.63, 3.8) is 0 Å². The Morgan fingerprint density at radius 2 is 2.20 bits per heavy atom. The van der Waals surface area contributed by atoms with Crippen LogP contribution in [0.1, 0.15) is 26.7 Å². The highest BCUT2D eigenvalue weighted by atomic mass is 14.3. The molecule has 1 fully saturated rings. The van der Waals surface area contributed by atoms with Gasteiger partial charge in [-0.1, -0.05) is 17.7 Å². The quantitative estimate of drug-likeness (QED) is 0.511. The van der Waals surface area contributed by atoms with Crippen molar-refractivity contribution >= 4 is 0 Å². The summed E-state index contributed by atoms with van der Waals surface area (Å²) < 4.78 is 0. The van der Waals surface area contributed by atoms with Crippen LogP contribution in [0.3, 0.4) is 0 Å². The van der Waals surface area contributed by atoms with E-state index in [1.54, 1.807) is 0 Å². The molecule has 56 valence electrons. The van der Waals surface area contributed by atoms with Gasteiger partial charge in [-0.15, -0.1) is 6.58 Å². The number of hydrogen-bond donors (Lipinski definition) is 0. The van der Waals surface area contributed by atoms with E-state index in [0.717, 1.165) is 11.8 Å².